The summed E-state index contributed by atoms with van der Waals surface area (Å²) in [5.74, 6) is 0.280. The Balaban J connectivity index is 2.14. The zero-order valence-corrected chi connectivity index (χ0v) is 10.8. The predicted octanol–water partition coefficient (Wildman–Crippen LogP) is 1.92. The van der Waals surface area contributed by atoms with Crippen LogP contribution in [-0.4, -0.2) is 19.5 Å². The van der Waals surface area contributed by atoms with Crippen molar-refractivity contribution in [3.63, 3.8) is 0 Å². The monoisotopic (exact) mass is 250 g/mol. The molecule has 1 amide bonds. The van der Waals surface area contributed by atoms with E-state index >= 15 is 0 Å². The van der Waals surface area contributed by atoms with Crippen molar-refractivity contribution in [2.45, 2.75) is 25.8 Å². The van der Waals surface area contributed by atoms with Crippen molar-refractivity contribution in [1.29, 1.82) is 0 Å². The number of likely N-dealkylation sites (N-methyl/N-ethyl adjacent to an activating group) is 1. The van der Waals surface area contributed by atoms with Gasteiger partial charge in [0.25, 0.3) is 0 Å². The maximum atomic E-state index is 13.3. The van der Waals surface area contributed by atoms with Crippen molar-refractivity contribution in [2.75, 3.05) is 13.6 Å². The highest BCUT2D eigenvalue weighted by molar-refractivity contribution is 5.78. The van der Waals surface area contributed by atoms with E-state index in [9.17, 15) is 9.18 Å². The summed E-state index contributed by atoms with van der Waals surface area (Å²) in [6.07, 6.45) is 2.25. The third-order valence-corrected chi connectivity index (χ3v) is 3.29. The lowest BCUT2D eigenvalue weighted by atomic mass is 10.00. The number of aryl methyl sites for hydroxylation is 1. The minimum absolute atomic E-state index is 0.0172. The van der Waals surface area contributed by atoms with Crippen LogP contribution in [0.4, 0.5) is 4.39 Å². The number of rotatable bonds is 5. The van der Waals surface area contributed by atoms with E-state index < -0.39 is 0 Å². The fourth-order valence-electron chi connectivity index (χ4n) is 2.15. The van der Waals surface area contributed by atoms with Crippen LogP contribution >= 0.6 is 0 Å². The first-order chi connectivity index (χ1) is 8.61. The zero-order valence-electron chi connectivity index (χ0n) is 10.8. The van der Waals surface area contributed by atoms with Gasteiger partial charge in [0.1, 0.15) is 5.82 Å². The highest BCUT2D eigenvalue weighted by Gasteiger charge is 2.33. The van der Waals surface area contributed by atoms with Gasteiger partial charge in [-0.1, -0.05) is 12.1 Å². The molecule has 0 bridgehead atoms. The Bertz CT molecular complexity index is 443. The van der Waals surface area contributed by atoms with E-state index in [4.69, 9.17) is 0 Å². The van der Waals surface area contributed by atoms with Crippen LogP contribution in [0.25, 0.3) is 0 Å². The SMILES string of the molecule is CNCC(=O)NC(c1ccc(F)c(C)c1)C1CC1. The molecule has 0 aromatic heterocycles. The van der Waals surface area contributed by atoms with Crippen molar-refractivity contribution in [3.05, 3.63) is 35.1 Å². The van der Waals surface area contributed by atoms with E-state index in [2.05, 4.69) is 10.6 Å². The minimum Gasteiger partial charge on any atom is -0.348 e. The first-order valence-corrected chi connectivity index (χ1v) is 6.32. The number of halogens is 1. The van der Waals surface area contributed by atoms with Crippen molar-refractivity contribution in [3.8, 4) is 0 Å². The molecule has 3 nitrogen and oxygen atoms in total. The molecule has 2 rings (SSSR count). The van der Waals surface area contributed by atoms with Crippen LogP contribution in [0.2, 0.25) is 0 Å². The van der Waals surface area contributed by atoms with Gasteiger partial charge in [0.05, 0.1) is 12.6 Å². The maximum Gasteiger partial charge on any atom is 0.234 e. The molecule has 0 saturated heterocycles. The standard InChI is InChI=1S/C14H19FN2O/c1-9-7-11(5-6-12(9)15)14(10-3-4-10)17-13(18)8-16-2/h5-7,10,14,16H,3-4,8H2,1-2H3,(H,17,18). The van der Waals surface area contributed by atoms with Crippen molar-refractivity contribution in [2.24, 2.45) is 5.92 Å². The Morgan fingerprint density at radius 1 is 1.50 bits per heavy atom. The van der Waals surface area contributed by atoms with Gasteiger partial charge in [0.15, 0.2) is 0 Å². The number of carbonyl (C=O) groups is 1. The highest BCUT2D eigenvalue weighted by atomic mass is 19.1. The van der Waals surface area contributed by atoms with E-state index in [0.29, 0.717) is 18.0 Å². The highest BCUT2D eigenvalue weighted by Crippen LogP contribution is 2.41. The normalized spacial score (nSPS) is 16.4. The second-order valence-corrected chi connectivity index (χ2v) is 4.92. The molecule has 4 heteroatoms. The molecule has 1 aliphatic rings. The largest absolute Gasteiger partial charge is 0.348 e. The summed E-state index contributed by atoms with van der Waals surface area (Å²) < 4.78 is 13.3. The molecule has 1 aromatic rings. The predicted molar refractivity (Wildman–Crippen MR) is 68.7 cm³/mol. The fourth-order valence-corrected chi connectivity index (χ4v) is 2.15. The van der Waals surface area contributed by atoms with Gasteiger partial charge in [0.2, 0.25) is 5.91 Å². The van der Waals surface area contributed by atoms with E-state index in [-0.39, 0.29) is 17.8 Å². The quantitative estimate of drug-likeness (QED) is 0.838. The van der Waals surface area contributed by atoms with Crippen LogP contribution in [0.15, 0.2) is 18.2 Å². The second kappa shape index (κ2) is 5.48. The number of amides is 1. The van der Waals surface area contributed by atoms with Gasteiger partial charge < -0.3 is 10.6 Å². The molecule has 1 fully saturated rings. The summed E-state index contributed by atoms with van der Waals surface area (Å²) in [7, 11) is 1.74. The first kappa shape index (κ1) is 13.0. The van der Waals surface area contributed by atoms with Gasteiger partial charge in [-0.15, -0.1) is 0 Å². The van der Waals surface area contributed by atoms with Gasteiger partial charge in [-0.2, -0.15) is 0 Å². The van der Waals surface area contributed by atoms with Crippen LogP contribution in [0, 0.1) is 18.7 Å². The third-order valence-electron chi connectivity index (χ3n) is 3.29. The second-order valence-electron chi connectivity index (χ2n) is 4.92. The molecule has 0 spiro atoms. The van der Waals surface area contributed by atoms with E-state index in [1.54, 1.807) is 20.0 Å². The Hall–Kier alpha value is -1.42. The summed E-state index contributed by atoms with van der Waals surface area (Å²) in [5, 5.41) is 5.85. The van der Waals surface area contributed by atoms with Crippen molar-refractivity contribution in [1.82, 2.24) is 10.6 Å². The summed E-state index contributed by atoms with van der Waals surface area (Å²) in [4.78, 5) is 11.7. The summed E-state index contributed by atoms with van der Waals surface area (Å²) in [6.45, 7) is 2.06. The molecule has 1 unspecified atom stereocenters. The van der Waals surface area contributed by atoms with E-state index in [1.165, 1.54) is 6.07 Å². The van der Waals surface area contributed by atoms with Crippen LogP contribution in [0.5, 0.6) is 0 Å². The van der Waals surface area contributed by atoms with Gasteiger partial charge in [-0.25, -0.2) is 4.39 Å². The molecule has 1 aromatic carbocycles. The number of nitrogens with one attached hydrogen (secondary N) is 2. The molecule has 0 aliphatic heterocycles. The molecule has 1 aliphatic carbocycles. The van der Waals surface area contributed by atoms with E-state index in [0.717, 1.165) is 18.4 Å². The van der Waals surface area contributed by atoms with Gasteiger partial charge in [-0.3, -0.25) is 4.79 Å². The van der Waals surface area contributed by atoms with Crippen molar-refractivity contribution < 1.29 is 9.18 Å². The smallest absolute Gasteiger partial charge is 0.234 e. The molecule has 1 saturated carbocycles. The molecular formula is C14H19FN2O. The lowest BCUT2D eigenvalue weighted by Gasteiger charge is -2.19. The average Bonchev–Trinajstić information content (AvgIpc) is 3.14. The fraction of sp³-hybridized carbons (Fsp3) is 0.500. The first-order valence-electron chi connectivity index (χ1n) is 6.32. The Labute approximate surface area is 107 Å². The number of carbonyl (C=O) groups excluding carboxylic acids is 1. The van der Waals surface area contributed by atoms with E-state index in [1.807, 2.05) is 6.07 Å². The lowest BCUT2D eigenvalue weighted by molar-refractivity contribution is -0.121. The number of hydrogen-bond acceptors (Lipinski definition) is 2. The van der Waals surface area contributed by atoms with Gasteiger partial charge in [0, 0.05) is 0 Å². The van der Waals surface area contributed by atoms with Gasteiger partial charge >= 0.3 is 0 Å². The third kappa shape index (κ3) is 3.07. The zero-order chi connectivity index (χ0) is 13.1. The van der Waals surface area contributed by atoms with Gasteiger partial charge in [-0.05, 0) is 49.9 Å². The molecular weight excluding hydrogens is 231 g/mol. The molecule has 2 N–H and O–H groups in total. The molecule has 0 radical (unpaired) electrons. The van der Waals surface area contributed by atoms with Crippen molar-refractivity contribution >= 4 is 5.91 Å². The molecule has 98 valence electrons. The number of benzene rings is 1. The topological polar surface area (TPSA) is 41.1 Å². The summed E-state index contributed by atoms with van der Waals surface area (Å²) in [5.41, 5.74) is 1.63. The Morgan fingerprint density at radius 2 is 2.22 bits per heavy atom. The Kier molecular flexibility index (Phi) is 3.97. The molecule has 0 heterocycles. The van der Waals surface area contributed by atoms with Crippen LogP contribution in [0.3, 0.4) is 0 Å². The molecule has 18 heavy (non-hydrogen) atoms. The van der Waals surface area contributed by atoms with Crippen LogP contribution in [0.1, 0.15) is 30.0 Å². The minimum atomic E-state index is -0.199. The summed E-state index contributed by atoms with van der Waals surface area (Å²) in [6, 6.07) is 5.10. The maximum absolute atomic E-state index is 13.3. The molecule has 1 atom stereocenters. The number of hydrogen-bond donors (Lipinski definition) is 2. The van der Waals surface area contributed by atoms with Crippen LogP contribution in [-0.2, 0) is 4.79 Å². The summed E-state index contributed by atoms with van der Waals surface area (Å²) >= 11 is 0. The van der Waals surface area contributed by atoms with Crippen LogP contribution < -0.4 is 10.6 Å². The average molecular weight is 250 g/mol. The lowest BCUT2D eigenvalue weighted by Crippen LogP contribution is -2.36. The Morgan fingerprint density at radius 3 is 2.78 bits per heavy atom.